The van der Waals surface area contributed by atoms with Crippen LogP contribution in [-0.4, -0.2) is 28.7 Å². The smallest absolute Gasteiger partial charge is 0.192 e. The summed E-state index contributed by atoms with van der Waals surface area (Å²) in [5.41, 5.74) is -0.697. The maximum Gasteiger partial charge on any atom is 0.192 e. The third-order valence-electron chi connectivity index (χ3n) is 2.24. The molecular weight excluding hydrogens is 156 g/mol. The zero-order chi connectivity index (χ0) is 9.35. The monoisotopic (exact) mass is 172 g/mol. The Labute approximate surface area is 72.7 Å². The van der Waals surface area contributed by atoms with Gasteiger partial charge in [-0.05, 0) is 20.3 Å². The molecule has 0 amide bonds. The summed E-state index contributed by atoms with van der Waals surface area (Å²) in [6.07, 6.45) is 0.271. The third kappa shape index (κ3) is 1.52. The minimum atomic E-state index is -0.950. The maximum atomic E-state index is 11.3. The van der Waals surface area contributed by atoms with Crippen molar-refractivity contribution < 1.29 is 14.6 Å². The van der Waals surface area contributed by atoms with Crippen LogP contribution < -0.4 is 0 Å². The Kier molecular flexibility index (Phi) is 2.54. The van der Waals surface area contributed by atoms with Gasteiger partial charge >= 0.3 is 0 Å². The van der Waals surface area contributed by atoms with Gasteiger partial charge in [0.1, 0.15) is 12.2 Å². The highest BCUT2D eigenvalue weighted by atomic mass is 16.5. The molecule has 0 aliphatic carbocycles. The van der Waals surface area contributed by atoms with Crippen molar-refractivity contribution in [2.45, 2.75) is 51.4 Å². The van der Waals surface area contributed by atoms with Gasteiger partial charge in [-0.25, -0.2) is 0 Å². The number of aliphatic hydroxyl groups is 1. The van der Waals surface area contributed by atoms with Gasteiger partial charge in [0.05, 0.1) is 5.60 Å². The van der Waals surface area contributed by atoms with Crippen LogP contribution in [0.1, 0.15) is 33.6 Å². The van der Waals surface area contributed by atoms with Crippen LogP contribution in [0.2, 0.25) is 0 Å². The molecule has 0 bridgehead atoms. The summed E-state index contributed by atoms with van der Waals surface area (Å²) in [4.78, 5) is 11.3. The molecule has 1 saturated heterocycles. The molecule has 0 aromatic rings. The Bertz CT molecular complexity index is 186. The SMILES string of the molecule is CCC[C@H]1OC(C)(C)[C@H](O)C1=O. The van der Waals surface area contributed by atoms with Gasteiger partial charge in [-0.1, -0.05) is 13.3 Å². The fourth-order valence-corrected chi connectivity index (χ4v) is 1.47. The molecule has 0 unspecified atom stereocenters. The zero-order valence-corrected chi connectivity index (χ0v) is 7.83. The molecular formula is C9H16O3. The molecule has 3 nitrogen and oxygen atoms in total. The fourth-order valence-electron chi connectivity index (χ4n) is 1.47. The molecule has 1 aliphatic rings. The summed E-state index contributed by atoms with van der Waals surface area (Å²) in [7, 11) is 0. The van der Waals surface area contributed by atoms with Crippen molar-refractivity contribution in [3.63, 3.8) is 0 Å². The predicted octanol–water partition coefficient (Wildman–Crippen LogP) is 0.894. The van der Waals surface area contributed by atoms with Gasteiger partial charge in [0.25, 0.3) is 0 Å². The van der Waals surface area contributed by atoms with E-state index in [1.165, 1.54) is 0 Å². The van der Waals surface area contributed by atoms with E-state index in [0.29, 0.717) is 6.42 Å². The zero-order valence-electron chi connectivity index (χ0n) is 7.83. The normalized spacial score (nSPS) is 34.2. The number of ketones is 1. The third-order valence-corrected chi connectivity index (χ3v) is 2.24. The molecule has 1 rings (SSSR count). The van der Waals surface area contributed by atoms with Crippen LogP contribution in [0.15, 0.2) is 0 Å². The van der Waals surface area contributed by atoms with Crippen molar-refractivity contribution in [3.05, 3.63) is 0 Å². The first-order chi connectivity index (χ1) is 5.49. The summed E-state index contributed by atoms with van der Waals surface area (Å²) in [5, 5.41) is 9.45. The van der Waals surface area contributed by atoms with Crippen molar-refractivity contribution in [2.24, 2.45) is 0 Å². The van der Waals surface area contributed by atoms with E-state index in [-0.39, 0.29) is 11.9 Å². The molecule has 0 aromatic heterocycles. The molecule has 12 heavy (non-hydrogen) atoms. The molecule has 2 atom stereocenters. The van der Waals surface area contributed by atoms with E-state index in [2.05, 4.69) is 0 Å². The van der Waals surface area contributed by atoms with E-state index in [0.717, 1.165) is 6.42 Å². The van der Waals surface area contributed by atoms with Gasteiger partial charge in [-0.3, -0.25) is 4.79 Å². The lowest BCUT2D eigenvalue weighted by Crippen LogP contribution is -2.35. The maximum absolute atomic E-state index is 11.3. The molecule has 1 heterocycles. The Morgan fingerprint density at radius 1 is 1.58 bits per heavy atom. The van der Waals surface area contributed by atoms with Gasteiger partial charge in [0.15, 0.2) is 5.78 Å². The number of hydrogen-bond donors (Lipinski definition) is 1. The van der Waals surface area contributed by atoms with Crippen LogP contribution >= 0.6 is 0 Å². The minimum Gasteiger partial charge on any atom is -0.382 e. The van der Waals surface area contributed by atoms with Gasteiger partial charge in [-0.15, -0.1) is 0 Å². The highest BCUT2D eigenvalue weighted by Gasteiger charge is 2.47. The van der Waals surface area contributed by atoms with Gasteiger partial charge in [0.2, 0.25) is 0 Å². The molecule has 70 valence electrons. The van der Waals surface area contributed by atoms with E-state index in [9.17, 15) is 9.90 Å². The van der Waals surface area contributed by atoms with E-state index >= 15 is 0 Å². The predicted molar refractivity (Wildman–Crippen MR) is 44.9 cm³/mol. The molecule has 0 spiro atoms. The van der Waals surface area contributed by atoms with Crippen molar-refractivity contribution >= 4 is 5.78 Å². The Balaban J connectivity index is 2.68. The quantitative estimate of drug-likeness (QED) is 0.673. The van der Waals surface area contributed by atoms with Crippen LogP contribution in [0.5, 0.6) is 0 Å². The summed E-state index contributed by atoms with van der Waals surface area (Å²) >= 11 is 0. The lowest BCUT2D eigenvalue weighted by atomic mass is 9.99. The molecule has 0 radical (unpaired) electrons. The van der Waals surface area contributed by atoms with Gasteiger partial charge < -0.3 is 9.84 Å². The van der Waals surface area contributed by atoms with Crippen molar-refractivity contribution in [1.29, 1.82) is 0 Å². The first-order valence-electron chi connectivity index (χ1n) is 4.38. The number of carbonyl (C=O) groups excluding carboxylic acids is 1. The van der Waals surface area contributed by atoms with Crippen LogP contribution in [0.25, 0.3) is 0 Å². The number of Topliss-reactive ketones (excluding diaryl/α,β-unsaturated/α-hetero) is 1. The Morgan fingerprint density at radius 3 is 2.50 bits per heavy atom. The number of hydrogen-bond acceptors (Lipinski definition) is 3. The first kappa shape index (κ1) is 9.68. The van der Waals surface area contributed by atoms with Crippen molar-refractivity contribution in [1.82, 2.24) is 0 Å². The number of carbonyl (C=O) groups is 1. The minimum absolute atomic E-state index is 0.165. The van der Waals surface area contributed by atoms with Crippen molar-refractivity contribution in [3.8, 4) is 0 Å². The van der Waals surface area contributed by atoms with Crippen LogP contribution in [0.4, 0.5) is 0 Å². The number of rotatable bonds is 2. The number of ether oxygens (including phenoxy) is 1. The number of aliphatic hydroxyl groups excluding tert-OH is 1. The van der Waals surface area contributed by atoms with E-state index < -0.39 is 11.7 Å². The topological polar surface area (TPSA) is 46.5 Å². The molecule has 1 N–H and O–H groups in total. The molecule has 1 aliphatic heterocycles. The van der Waals surface area contributed by atoms with Crippen LogP contribution in [0.3, 0.4) is 0 Å². The summed E-state index contributed by atoms with van der Waals surface area (Å²) in [6.45, 7) is 5.48. The fraction of sp³-hybridized carbons (Fsp3) is 0.889. The average Bonchev–Trinajstić information content (AvgIpc) is 2.16. The van der Waals surface area contributed by atoms with E-state index in [1.807, 2.05) is 6.92 Å². The molecule has 0 saturated carbocycles. The van der Waals surface area contributed by atoms with Crippen LogP contribution in [0, 0.1) is 0 Å². The second-order valence-corrected chi connectivity index (χ2v) is 3.80. The van der Waals surface area contributed by atoms with E-state index in [4.69, 9.17) is 4.74 Å². The van der Waals surface area contributed by atoms with Crippen molar-refractivity contribution in [2.75, 3.05) is 0 Å². The second kappa shape index (κ2) is 3.15. The summed E-state index contributed by atoms with van der Waals surface area (Å²) in [6, 6.07) is 0. The Morgan fingerprint density at radius 2 is 2.17 bits per heavy atom. The lowest BCUT2D eigenvalue weighted by Gasteiger charge is -2.20. The lowest BCUT2D eigenvalue weighted by molar-refractivity contribution is -0.127. The molecule has 0 aromatic carbocycles. The van der Waals surface area contributed by atoms with Gasteiger partial charge in [0, 0.05) is 0 Å². The Hall–Kier alpha value is -0.410. The largest absolute Gasteiger partial charge is 0.382 e. The highest BCUT2D eigenvalue weighted by Crippen LogP contribution is 2.29. The first-order valence-corrected chi connectivity index (χ1v) is 4.38. The molecule has 1 fully saturated rings. The summed E-state index contributed by atoms with van der Waals surface area (Å²) in [5.74, 6) is -0.165. The average molecular weight is 172 g/mol. The van der Waals surface area contributed by atoms with E-state index in [1.54, 1.807) is 13.8 Å². The van der Waals surface area contributed by atoms with Gasteiger partial charge in [-0.2, -0.15) is 0 Å². The molecule has 3 heteroatoms. The standard InChI is InChI=1S/C9H16O3/c1-4-5-6-7(10)8(11)9(2,3)12-6/h6,8,11H,4-5H2,1-3H3/t6-,8-/m1/s1. The second-order valence-electron chi connectivity index (χ2n) is 3.80. The highest BCUT2D eigenvalue weighted by molar-refractivity contribution is 5.90. The summed E-state index contributed by atoms with van der Waals surface area (Å²) < 4.78 is 5.41. The van der Waals surface area contributed by atoms with Crippen LogP contribution in [-0.2, 0) is 9.53 Å².